The molecule has 0 saturated carbocycles. The average Bonchev–Trinajstić information content (AvgIpc) is 2.28. The van der Waals surface area contributed by atoms with Crippen LogP contribution in [-0.4, -0.2) is 27.4 Å². The zero-order valence-corrected chi connectivity index (χ0v) is 10.2. The van der Waals surface area contributed by atoms with Crippen LogP contribution in [0.2, 0.25) is 0 Å². The zero-order chi connectivity index (χ0) is 12.7. The lowest BCUT2D eigenvalue weighted by Crippen LogP contribution is -2.14. The van der Waals surface area contributed by atoms with Crippen molar-refractivity contribution in [3.8, 4) is 0 Å². The maximum atomic E-state index is 10.5. The smallest absolute Gasteiger partial charge is 0.223 e. The number of hydrogen-bond donors (Lipinski definition) is 3. The summed E-state index contributed by atoms with van der Waals surface area (Å²) in [5, 5.41) is 3.02. The van der Waals surface area contributed by atoms with Gasteiger partial charge in [0.25, 0.3) is 0 Å². The molecule has 0 saturated heterocycles. The van der Waals surface area contributed by atoms with E-state index in [1.54, 1.807) is 12.3 Å². The molecule has 17 heavy (non-hydrogen) atoms. The minimum absolute atomic E-state index is 0.240. The van der Waals surface area contributed by atoms with E-state index in [1.165, 1.54) is 0 Å². The summed E-state index contributed by atoms with van der Waals surface area (Å²) in [6, 6.07) is 1.65. The number of carbonyl (C=O) groups is 1. The Kier molecular flexibility index (Phi) is 5.28. The van der Waals surface area contributed by atoms with Crippen molar-refractivity contribution in [2.75, 3.05) is 11.9 Å². The number of thiocarbonyl (C=S) groups is 1. The third kappa shape index (κ3) is 5.21. The minimum Gasteiger partial charge on any atom is -0.388 e. The summed E-state index contributed by atoms with van der Waals surface area (Å²) in [5.74, 6) is 0.200. The number of nitrogens with one attached hydrogen (secondary N) is 1. The average molecular weight is 253 g/mol. The highest BCUT2D eigenvalue weighted by atomic mass is 32.1. The van der Waals surface area contributed by atoms with E-state index in [0.29, 0.717) is 24.6 Å². The van der Waals surface area contributed by atoms with E-state index < -0.39 is 0 Å². The van der Waals surface area contributed by atoms with Crippen molar-refractivity contribution >= 4 is 29.1 Å². The van der Waals surface area contributed by atoms with Crippen LogP contribution in [0.15, 0.2) is 12.3 Å². The van der Waals surface area contributed by atoms with E-state index in [9.17, 15) is 4.79 Å². The van der Waals surface area contributed by atoms with Crippen LogP contribution in [-0.2, 0) is 4.79 Å². The van der Waals surface area contributed by atoms with Gasteiger partial charge in [-0.3, -0.25) is 4.79 Å². The van der Waals surface area contributed by atoms with Crippen molar-refractivity contribution in [2.45, 2.75) is 19.3 Å². The highest BCUT2D eigenvalue weighted by molar-refractivity contribution is 7.80. The molecule has 1 rings (SSSR count). The zero-order valence-electron chi connectivity index (χ0n) is 9.35. The van der Waals surface area contributed by atoms with Gasteiger partial charge in [0, 0.05) is 19.2 Å². The summed E-state index contributed by atoms with van der Waals surface area (Å²) in [6.07, 6.45) is 3.56. The van der Waals surface area contributed by atoms with Gasteiger partial charge in [-0.15, -0.1) is 0 Å². The van der Waals surface area contributed by atoms with E-state index in [1.807, 2.05) is 0 Å². The molecule has 5 N–H and O–H groups in total. The summed E-state index contributed by atoms with van der Waals surface area (Å²) < 4.78 is 0. The predicted molar refractivity (Wildman–Crippen MR) is 69.5 cm³/mol. The Morgan fingerprint density at radius 2 is 2.18 bits per heavy atom. The van der Waals surface area contributed by atoms with Gasteiger partial charge in [-0.2, -0.15) is 0 Å². The summed E-state index contributed by atoms with van der Waals surface area (Å²) in [4.78, 5) is 18.9. The number of aromatic nitrogens is 2. The molecule has 0 fully saturated rings. The van der Waals surface area contributed by atoms with Gasteiger partial charge in [-0.05, 0) is 18.9 Å². The highest BCUT2D eigenvalue weighted by Gasteiger charge is 2.01. The standard InChI is InChI=1S/C10H15N5OS/c11-8(16)3-1-2-5-13-10-14-6-4-7(15-10)9(12)17/h4,6H,1-3,5H2,(H2,11,16)(H2,12,17)(H,13,14,15). The molecule has 0 aliphatic heterocycles. The number of rotatable bonds is 7. The molecule has 0 aliphatic rings. The van der Waals surface area contributed by atoms with E-state index >= 15 is 0 Å². The fourth-order valence-corrected chi connectivity index (χ4v) is 1.32. The lowest BCUT2D eigenvalue weighted by molar-refractivity contribution is -0.118. The van der Waals surface area contributed by atoms with Crippen molar-refractivity contribution in [2.24, 2.45) is 11.5 Å². The van der Waals surface area contributed by atoms with Crippen molar-refractivity contribution in [1.29, 1.82) is 0 Å². The fourth-order valence-electron chi connectivity index (χ4n) is 1.21. The van der Waals surface area contributed by atoms with Crippen LogP contribution in [0.25, 0.3) is 0 Å². The van der Waals surface area contributed by atoms with E-state index in [4.69, 9.17) is 23.7 Å². The van der Waals surface area contributed by atoms with Gasteiger partial charge < -0.3 is 16.8 Å². The lowest BCUT2D eigenvalue weighted by atomic mass is 10.2. The molecule has 1 amide bonds. The molecule has 0 aliphatic carbocycles. The second kappa shape index (κ2) is 6.74. The van der Waals surface area contributed by atoms with Gasteiger partial charge in [0.05, 0.1) is 0 Å². The van der Waals surface area contributed by atoms with E-state index in [0.717, 1.165) is 12.8 Å². The highest BCUT2D eigenvalue weighted by Crippen LogP contribution is 2.01. The van der Waals surface area contributed by atoms with Crippen LogP contribution in [0.3, 0.4) is 0 Å². The molecule has 0 aromatic carbocycles. The summed E-state index contributed by atoms with van der Waals surface area (Å²) in [6.45, 7) is 0.675. The number of hydrogen-bond acceptors (Lipinski definition) is 5. The molecule has 0 spiro atoms. The van der Waals surface area contributed by atoms with Gasteiger partial charge >= 0.3 is 0 Å². The molecule has 92 valence electrons. The monoisotopic (exact) mass is 253 g/mol. The van der Waals surface area contributed by atoms with Crippen LogP contribution in [0.4, 0.5) is 5.95 Å². The molecule has 0 bridgehead atoms. The van der Waals surface area contributed by atoms with Crippen LogP contribution in [0.5, 0.6) is 0 Å². The molecular weight excluding hydrogens is 238 g/mol. The predicted octanol–water partition coefficient (Wildman–Crippen LogP) is 0.178. The van der Waals surface area contributed by atoms with Gasteiger partial charge in [0.15, 0.2) is 0 Å². The molecule has 0 radical (unpaired) electrons. The van der Waals surface area contributed by atoms with Crippen LogP contribution < -0.4 is 16.8 Å². The van der Waals surface area contributed by atoms with Gasteiger partial charge in [0.1, 0.15) is 10.7 Å². The van der Waals surface area contributed by atoms with Crippen molar-refractivity contribution in [3.05, 3.63) is 18.0 Å². The number of nitrogens with two attached hydrogens (primary N) is 2. The summed E-state index contributed by atoms with van der Waals surface area (Å²) in [7, 11) is 0. The van der Waals surface area contributed by atoms with Crippen LogP contribution >= 0.6 is 12.2 Å². The van der Waals surface area contributed by atoms with Gasteiger partial charge in [-0.1, -0.05) is 12.2 Å². The first-order valence-electron chi connectivity index (χ1n) is 5.24. The van der Waals surface area contributed by atoms with Crippen LogP contribution in [0, 0.1) is 0 Å². The second-order valence-electron chi connectivity index (χ2n) is 3.48. The second-order valence-corrected chi connectivity index (χ2v) is 3.92. The number of nitrogens with zero attached hydrogens (tertiary/aromatic N) is 2. The quantitative estimate of drug-likeness (QED) is 0.472. The first-order chi connectivity index (χ1) is 8.09. The Bertz CT molecular complexity index is 409. The maximum absolute atomic E-state index is 10.5. The molecule has 1 aromatic heterocycles. The van der Waals surface area contributed by atoms with Crippen molar-refractivity contribution < 1.29 is 4.79 Å². The maximum Gasteiger partial charge on any atom is 0.223 e. The Balaban J connectivity index is 2.34. The number of unbranched alkanes of at least 4 members (excludes halogenated alkanes) is 1. The topological polar surface area (TPSA) is 107 Å². The Morgan fingerprint density at radius 3 is 2.82 bits per heavy atom. The Labute approximate surface area is 105 Å². The third-order valence-electron chi connectivity index (χ3n) is 2.04. The SMILES string of the molecule is NC(=O)CCCCNc1nccc(C(N)=S)n1. The van der Waals surface area contributed by atoms with Crippen LogP contribution in [0.1, 0.15) is 25.0 Å². The number of carbonyl (C=O) groups excluding carboxylic acids is 1. The number of primary amides is 1. The molecular formula is C10H15N5OS. The normalized spacial score (nSPS) is 9.88. The van der Waals surface area contributed by atoms with Gasteiger partial charge in [-0.25, -0.2) is 9.97 Å². The Morgan fingerprint density at radius 1 is 1.41 bits per heavy atom. The number of amides is 1. The molecule has 6 nitrogen and oxygen atoms in total. The Hall–Kier alpha value is -1.76. The molecule has 7 heteroatoms. The molecule has 1 aromatic rings. The largest absolute Gasteiger partial charge is 0.388 e. The van der Waals surface area contributed by atoms with Crippen molar-refractivity contribution in [1.82, 2.24) is 9.97 Å². The summed E-state index contributed by atoms with van der Waals surface area (Å²) in [5.41, 5.74) is 11.0. The van der Waals surface area contributed by atoms with E-state index in [-0.39, 0.29) is 10.9 Å². The number of anilines is 1. The first-order valence-corrected chi connectivity index (χ1v) is 5.65. The minimum atomic E-state index is -0.281. The molecule has 1 heterocycles. The van der Waals surface area contributed by atoms with E-state index in [2.05, 4.69) is 15.3 Å². The molecule has 0 unspecified atom stereocenters. The third-order valence-corrected chi connectivity index (χ3v) is 2.25. The first kappa shape index (κ1) is 13.3. The fraction of sp³-hybridized carbons (Fsp3) is 0.400. The molecule has 0 atom stereocenters. The summed E-state index contributed by atoms with van der Waals surface area (Å²) >= 11 is 4.81. The van der Waals surface area contributed by atoms with Crippen molar-refractivity contribution in [3.63, 3.8) is 0 Å². The lowest BCUT2D eigenvalue weighted by Gasteiger charge is -2.05. The van der Waals surface area contributed by atoms with Gasteiger partial charge in [0.2, 0.25) is 11.9 Å².